The van der Waals surface area contributed by atoms with Crippen LogP contribution in [0.25, 0.3) is 0 Å². The average molecular weight is 247 g/mol. The maximum atomic E-state index is 12.8. The monoisotopic (exact) mass is 247 g/mol. The minimum atomic E-state index is -0.967. The molecule has 1 amide bonds. The Bertz CT molecular complexity index is 507. The molecule has 1 aliphatic carbocycles. The summed E-state index contributed by atoms with van der Waals surface area (Å²) in [7, 11) is 0. The number of amides is 1. The van der Waals surface area contributed by atoms with Crippen molar-refractivity contribution in [2.24, 2.45) is 0 Å². The molecule has 0 saturated heterocycles. The fraction of sp³-hybridized carbons (Fsp3) is 0.357. The van der Waals surface area contributed by atoms with E-state index in [0.717, 1.165) is 0 Å². The maximum absolute atomic E-state index is 12.8. The highest BCUT2D eigenvalue weighted by Crippen LogP contribution is 2.41. The van der Waals surface area contributed by atoms with Gasteiger partial charge in [0.1, 0.15) is 5.82 Å². The van der Waals surface area contributed by atoms with Gasteiger partial charge in [-0.1, -0.05) is 18.1 Å². The summed E-state index contributed by atoms with van der Waals surface area (Å²) < 4.78 is 12.8. The van der Waals surface area contributed by atoms with Crippen LogP contribution in [0, 0.1) is 17.7 Å². The van der Waals surface area contributed by atoms with Gasteiger partial charge in [0.15, 0.2) is 0 Å². The van der Waals surface area contributed by atoms with Gasteiger partial charge in [0.2, 0.25) is 0 Å². The summed E-state index contributed by atoms with van der Waals surface area (Å²) >= 11 is 0. The van der Waals surface area contributed by atoms with Crippen LogP contribution in [0.15, 0.2) is 24.3 Å². The first-order valence-corrected chi connectivity index (χ1v) is 5.75. The van der Waals surface area contributed by atoms with Crippen LogP contribution in [-0.2, 0) is 10.4 Å². The molecule has 1 aromatic carbocycles. The number of hydrogen-bond acceptors (Lipinski definition) is 2. The van der Waals surface area contributed by atoms with Crippen LogP contribution in [0.5, 0.6) is 0 Å². The molecule has 2 rings (SSSR count). The lowest BCUT2D eigenvalue weighted by Crippen LogP contribution is -2.53. The topological polar surface area (TPSA) is 49.3 Å². The van der Waals surface area contributed by atoms with Crippen LogP contribution < -0.4 is 5.32 Å². The molecule has 1 saturated carbocycles. The molecule has 18 heavy (non-hydrogen) atoms. The van der Waals surface area contributed by atoms with Gasteiger partial charge in [-0.2, -0.15) is 0 Å². The fourth-order valence-corrected chi connectivity index (χ4v) is 2.19. The lowest BCUT2D eigenvalue weighted by atomic mass is 9.71. The summed E-state index contributed by atoms with van der Waals surface area (Å²) in [4.78, 5) is 11.2. The summed E-state index contributed by atoms with van der Waals surface area (Å²) in [6.45, 7) is 1.59. The molecule has 0 unspecified atom stereocenters. The zero-order valence-corrected chi connectivity index (χ0v) is 10.0. The molecule has 1 fully saturated rings. The Balaban J connectivity index is 1.95. The number of hydrogen-bond donors (Lipinski definition) is 2. The summed E-state index contributed by atoms with van der Waals surface area (Å²) in [6, 6.07) is 5.70. The van der Waals surface area contributed by atoms with Crippen molar-refractivity contribution in [3.63, 3.8) is 0 Å². The fourth-order valence-electron chi connectivity index (χ4n) is 2.19. The number of benzene rings is 1. The van der Waals surface area contributed by atoms with E-state index in [9.17, 15) is 14.3 Å². The van der Waals surface area contributed by atoms with Crippen molar-refractivity contribution in [2.45, 2.75) is 31.4 Å². The van der Waals surface area contributed by atoms with Gasteiger partial charge in [0, 0.05) is 18.9 Å². The molecule has 0 spiro atoms. The number of carbonyl (C=O) groups excluding carboxylic acids is 1. The van der Waals surface area contributed by atoms with Gasteiger partial charge in [0.05, 0.1) is 5.60 Å². The average Bonchev–Trinajstić information content (AvgIpc) is 2.28. The molecule has 1 aliphatic rings. The van der Waals surface area contributed by atoms with Crippen molar-refractivity contribution in [1.29, 1.82) is 0 Å². The van der Waals surface area contributed by atoms with E-state index >= 15 is 0 Å². The highest BCUT2D eigenvalue weighted by molar-refractivity contribution is 5.93. The Morgan fingerprint density at radius 3 is 2.61 bits per heavy atom. The smallest absolute Gasteiger partial charge is 0.296 e. The van der Waals surface area contributed by atoms with E-state index in [1.807, 2.05) is 0 Å². The van der Waals surface area contributed by atoms with E-state index in [1.165, 1.54) is 12.1 Å². The highest BCUT2D eigenvalue weighted by atomic mass is 19.1. The zero-order chi connectivity index (χ0) is 13.2. The molecule has 0 aliphatic heterocycles. The van der Waals surface area contributed by atoms with E-state index < -0.39 is 5.60 Å². The van der Waals surface area contributed by atoms with Crippen molar-refractivity contribution in [3.05, 3.63) is 35.6 Å². The largest absolute Gasteiger partial charge is 0.385 e. The van der Waals surface area contributed by atoms with Gasteiger partial charge >= 0.3 is 0 Å². The predicted octanol–water partition coefficient (Wildman–Crippen LogP) is 1.32. The zero-order valence-electron chi connectivity index (χ0n) is 10.0. The molecule has 0 heterocycles. The lowest BCUT2D eigenvalue weighted by molar-refractivity contribution is -0.120. The van der Waals surface area contributed by atoms with E-state index in [-0.39, 0.29) is 17.8 Å². The molecule has 1 aromatic rings. The Labute approximate surface area is 105 Å². The van der Waals surface area contributed by atoms with Crippen LogP contribution in [-0.4, -0.2) is 17.1 Å². The van der Waals surface area contributed by atoms with Gasteiger partial charge in [-0.15, -0.1) is 0 Å². The van der Waals surface area contributed by atoms with Crippen LogP contribution in [0.4, 0.5) is 4.39 Å². The van der Waals surface area contributed by atoms with Crippen LogP contribution in [0.1, 0.15) is 25.3 Å². The minimum absolute atomic E-state index is 0.0756. The molecule has 0 aromatic heterocycles. The first kappa shape index (κ1) is 12.6. The van der Waals surface area contributed by atoms with Crippen molar-refractivity contribution in [1.82, 2.24) is 5.32 Å². The Morgan fingerprint density at radius 2 is 2.06 bits per heavy atom. The third-order valence-corrected chi connectivity index (χ3v) is 3.12. The second kappa shape index (κ2) is 4.79. The van der Waals surface area contributed by atoms with Crippen LogP contribution in [0.3, 0.4) is 0 Å². The normalized spacial score (nSPS) is 25.6. The van der Waals surface area contributed by atoms with Crippen molar-refractivity contribution >= 4 is 5.91 Å². The summed E-state index contributed by atoms with van der Waals surface area (Å²) in [6.07, 6.45) is 0.853. The molecule has 4 heteroatoms. The number of aliphatic hydroxyl groups is 1. The minimum Gasteiger partial charge on any atom is -0.385 e. The molecule has 0 atom stereocenters. The van der Waals surface area contributed by atoms with Crippen molar-refractivity contribution < 1.29 is 14.3 Å². The second-order valence-electron chi connectivity index (χ2n) is 4.49. The predicted molar refractivity (Wildman–Crippen MR) is 64.9 cm³/mol. The first-order valence-electron chi connectivity index (χ1n) is 5.75. The van der Waals surface area contributed by atoms with Crippen LogP contribution in [0.2, 0.25) is 0 Å². The molecule has 0 radical (unpaired) electrons. The van der Waals surface area contributed by atoms with Gasteiger partial charge in [-0.05, 0) is 30.5 Å². The first-order chi connectivity index (χ1) is 8.53. The lowest BCUT2D eigenvalue weighted by Gasteiger charge is -2.44. The molecule has 0 bridgehead atoms. The quantitative estimate of drug-likeness (QED) is 0.774. The number of halogens is 1. The van der Waals surface area contributed by atoms with Crippen molar-refractivity contribution in [3.8, 4) is 11.8 Å². The Kier molecular flexibility index (Phi) is 3.35. The summed E-state index contributed by atoms with van der Waals surface area (Å²) in [5.41, 5.74) is -0.290. The van der Waals surface area contributed by atoms with E-state index in [1.54, 1.807) is 19.1 Å². The highest BCUT2D eigenvalue weighted by Gasteiger charge is 2.44. The Morgan fingerprint density at radius 1 is 1.44 bits per heavy atom. The molecular weight excluding hydrogens is 233 g/mol. The SMILES string of the molecule is CC#CC(=O)NC1CC(O)(c2ccc(F)cc2)C1. The van der Waals surface area contributed by atoms with Gasteiger partial charge in [-0.25, -0.2) is 4.39 Å². The van der Waals surface area contributed by atoms with E-state index in [4.69, 9.17) is 0 Å². The van der Waals surface area contributed by atoms with Gasteiger partial charge in [-0.3, -0.25) is 4.79 Å². The third kappa shape index (κ3) is 2.52. The van der Waals surface area contributed by atoms with Gasteiger partial charge in [0.25, 0.3) is 5.91 Å². The number of carbonyl (C=O) groups is 1. The molecule has 3 nitrogen and oxygen atoms in total. The van der Waals surface area contributed by atoms with Gasteiger partial charge < -0.3 is 10.4 Å². The summed E-state index contributed by atoms with van der Waals surface area (Å²) in [5.74, 6) is 4.24. The van der Waals surface area contributed by atoms with Crippen molar-refractivity contribution in [2.75, 3.05) is 0 Å². The summed E-state index contributed by atoms with van der Waals surface area (Å²) in [5, 5.41) is 13.0. The molecule has 94 valence electrons. The number of rotatable bonds is 2. The van der Waals surface area contributed by atoms with Crippen LogP contribution >= 0.6 is 0 Å². The van der Waals surface area contributed by atoms with E-state index in [2.05, 4.69) is 17.2 Å². The molecular formula is C14H14FNO2. The van der Waals surface area contributed by atoms with E-state index in [0.29, 0.717) is 18.4 Å². The molecule has 2 N–H and O–H groups in total. The second-order valence-corrected chi connectivity index (χ2v) is 4.49. The Hall–Kier alpha value is -1.86. The maximum Gasteiger partial charge on any atom is 0.296 e. The number of nitrogens with one attached hydrogen (secondary N) is 1. The third-order valence-electron chi connectivity index (χ3n) is 3.12. The standard InChI is InChI=1S/C14H14FNO2/c1-2-3-13(17)16-12-8-14(18,9-12)10-4-6-11(15)7-5-10/h4-7,12,18H,8-9H2,1H3,(H,16,17).